The van der Waals surface area contributed by atoms with Crippen LogP contribution in [0.4, 0.5) is 5.69 Å². The Kier molecular flexibility index (Phi) is 3.92. The number of nitrogens with two attached hydrogens (primary N) is 1. The van der Waals surface area contributed by atoms with Crippen molar-refractivity contribution in [2.75, 3.05) is 5.32 Å². The fourth-order valence-corrected chi connectivity index (χ4v) is 2.21. The zero-order chi connectivity index (χ0) is 12.4. The summed E-state index contributed by atoms with van der Waals surface area (Å²) in [6.45, 7) is 0. The molecule has 0 spiro atoms. The molecular weight excluding hydrogens is 259 g/mol. The van der Waals surface area contributed by atoms with Gasteiger partial charge in [0.15, 0.2) is 0 Å². The van der Waals surface area contributed by atoms with Crippen molar-refractivity contribution in [3.05, 3.63) is 28.2 Å². The van der Waals surface area contributed by atoms with E-state index >= 15 is 0 Å². The first-order valence-electron chi connectivity index (χ1n) is 5.57. The van der Waals surface area contributed by atoms with Gasteiger partial charge in [-0.1, -0.05) is 36.0 Å². The van der Waals surface area contributed by atoms with Gasteiger partial charge in [-0.15, -0.1) is 0 Å². The van der Waals surface area contributed by atoms with Crippen LogP contribution >= 0.6 is 23.2 Å². The SMILES string of the molecule is N[C@@H](CC1CC1)C(=O)Nc1cc(Cl)cc(Cl)c1. The molecule has 5 heteroatoms. The Bertz CT molecular complexity index is 412. The van der Waals surface area contributed by atoms with E-state index in [0.29, 0.717) is 21.7 Å². The Balaban J connectivity index is 1.96. The Morgan fingerprint density at radius 1 is 1.35 bits per heavy atom. The summed E-state index contributed by atoms with van der Waals surface area (Å²) in [5.74, 6) is 0.439. The Morgan fingerprint density at radius 2 is 1.94 bits per heavy atom. The first-order valence-corrected chi connectivity index (χ1v) is 6.33. The maximum Gasteiger partial charge on any atom is 0.241 e. The molecule has 0 aliphatic heterocycles. The number of halogens is 2. The van der Waals surface area contributed by atoms with Crippen molar-refractivity contribution in [3.63, 3.8) is 0 Å². The molecule has 1 fully saturated rings. The van der Waals surface area contributed by atoms with E-state index in [-0.39, 0.29) is 5.91 Å². The van der Waals surface area contributed by atoms with Gasteiger partial charge in [-0.05, 0) is 30.5 Å². The van der Waals surface area contributed by atoms with Gasteiger partial charge >= 0.3 is 0 Å². The van der Waals surface area contributed by atoms with Crippen LogP contribution in [0.25, 0.3) is 0 Å². The summed E-state index contributed by atoms with van der Waals surface area (Å²) >= 11 is 11.7. The molecular formula is C12H14Cl2N2O. The lowest BCUT2D eigenvalue weighted by Gasteiger charge is -2.12. The summed E-state index contributed by atoms with van der Waals surface area (Å²) in [6, 6.07) is 4.45. The summed E-state index contributed by atoms with van der Waals surface area (Å²) in [5, 5.41) is 3.70. The molecule has 1 amide bonds. The highest BCUT2D eigenvalue weighted by Gasteiger charge is 2.27. The van der Waals surface area contributed by atoms with Crippen LogP contribution < -0.4 is 11.1 Å². The van der Waals surface area contributed by atoms with Crippen LogP contribution in [0.3, 0.4) is 0 Å². The minimum atomic E-state index is -0.458. The molecule has 0 bridgehead atoms. The summed E-state index contributed by atoms with van der Waals surface area (Å²) in [4.78, 5) is 11.8. The smallest absolute Gasteiger partial charge is 0.241 e. The predicted octanol–water partition coefficient (Wildman–Crippen LogP) is 3.06. The largest absolute Gasteiger partial charge is 0.325 e. The van der Waals surface area contributed by atoms with Crippen LogP contribution in [0.1, 0.15) is 19.3 Å². The van der Waals surface area contributed by atoms with Crippen molar-refractivity contribution in [2.45, 2.75) is 25.3 Å². The van der Waals surface area contributed by atoms with E-state index in [2.05, 4.69) is 5.32 Å². The predicted molar refractivity (Wildman–Crippen MR) is 70.4 cm³/mol. The van der Waals surface area contributed by atoms with Gasteiger partial charge in [-0.3, -0.25) is 4.79 Å². The van der Waals surface area contributed by atoms with Gasteiger partial charge in [0.1, 0.15) is 0 Å². The maximum atomic E-state index is 11.8. The molecule has 1 atom stereocenters. The number of hydrogen-bond acceptors (Lipinski definition) is 2. The molecule has 92 valence electrons. The molecule has 1 saturated carbocycles. The highest BCUT2D eigenvalue weighted by molar-refractivity contribution is 6.35. The summed E-state index contributed by atoms with van der Waals surface area (Å²) in [6.07, 6.45) is 3.12. The van der Waals surface area contributed by atoms with Crippen molar-refractivity contribution < 1.29 is 4.79 Å². The maximum absolute atomic E-state index is 11.8. The minimum absolute atomic E-state index is 0.185. The molecule has 1 aliphatic rings. The number of carbonyl (C=O) groups excluding carboxylic acids is 1. The second kappa shape index (κ2) is 5.25. The first kappa shape index (κ1) is 12.7. The van der Waals surface area contributed by atoms with E-state index in [1.807, 2.05) is 0 Å². The average molecular weight is 273 g/mol. The molecule has 17 heavy (non-hydrogen) atoms. The average Bonchev–Trinajstić information content (AvgIpc) is 2.99. The highest BCUT2D eigenvalue weighted by atomic mass is 35.5. The van der Waals surface area contributed by atoms with E-state index < -0.39 is 6.04 Å². The topological polar surface area (TPSA) is 55.1 Å². The number of benzene rings is 1. The summed E-state index contributed by atoms with van der Waals surface area (Å²) in [7, 11) is 0. The van der Waals surface area contributed by atoms with Crippen LogP contribution in [0.2, 0.25) is 10.0 Å². The summed E-state index contributed by atoms with van der Waals surface area (Å²) in [5.41, 5.74) is 6.39. The Labute approximate surface area is 110 Å². The third-order valence-corrected chi connectivity index (χ3v) is 3.19. The summed E-state index contributed by atoms with van der Waals surface area (Å²) < 4.78 is 0. The standard InChI is InChI=1S/C12H14Cl2N2O/c13-8-4-9(14)6-10(5-8)16-12(17)11(15)3-7-1-2-7/h4-7,11H,1-3,15H2,(H,16,17)/t11-/m0/s1. The van der Waals surface area contributed by atoms with Crippen LogP contribution in [0, 0.1) is 5.92 Å². The molecule has 1 aromatic rings. The van der Waals surface area contributed by atoms with Crippen molar-refractivity contribution in [3.8, 4) is 0 Å². The van der Waals surface area contributed by atoms with Gasteiger partial charge in [0.2, 0.25) is 5.91 Å². The van der Waals surface area contributed by atoms with Crippen molar-refractivity contribution in [2.24, 2.45) is 11.7 Å². The number of anilines is 1. The molecule has 3 N–H and O–H groups in total. The number of nitrogens with one attached hydrogen (secondary N) is 1. The molecule has 0 heterocycles. The number of amides is 1. The lowest BCUT2D eigenvalue weighted by atomic mass is 10.1. The van der Waals surface area contributed by atoms with E-state index in [0.717, 1.165) is 6.42 Å². The van der Waals surface area contributed by atoms with E-state index in [4.69, 9.17) is 28.9 Å². The zero-order valence-electron chi connectivity index (χ0n) is 9.25. The Hall–Kier alpha value is -0.770. The van der Waals surface area contributed by atoms with Crippen LogP contribution in [-0.4, -0.2) is 11.9 Å². The van der Waals surface area contributed by atoms with E-state index in [9.17, 15) is 4.79 Å². The van der Waals surface area contributed by atoms with Crippen molar-refractivity contribution in [1.82, 2.24) is 0 Å². The molecule has 0 radical (unpaired) electrons. The van der Waals surface area contributed by atoms with Gasteiger partial charge in [0.25, 0.3) is 0 Å². The third-order valence-electron chi connectivity index (χ3n) is 2.75. The molecule has 0 saturated heterocycles. The zero-order valence-corrected chi connectivity index (χ0v) is 10.8. The second-order valence-electron chi connectivity index (χ2n) is 4.43. The molecule has 2 rings (SSSR count). The van der Waals surface area contributed by atoms with Gasteiger partial charge in [0, 0.05) is 15.7 Å². The third kappa shape index (κ3) is 3.87. The van der Waals surface area contributed by atoms with Gasteiger partial charge in [-0.2, -0.15) is 0 Å². The van der Waals surface area contributed by atoms with E-state index in [1.165, 1.54) is 12.8 Å². The van der Waals surface area contributed by atoms with Crippen LogP contribution in [-0.2, 0) is 4.79 Å². The molecule has 1 aromatic carbocycles. The number of rotatable bonds is 4. The van der Waals surface area contributed by atoms with Crippen LogP contribution in [0.15, 0.2) is 18.2 Å². The number of carbonyl (C=O) groups is 1. The van der Waals surface area contributed by atoms with Crippen LogP contribution in [0.5, 0.6) is 0 Å². The Morgan fingerprint density at radius 3 is 2.47 bits per heavy atom. The minimum Gasteiger partial charge on any atom is -0.325 e. The quantitative estimate of drug-likeness (QED) is 0.885. The van der Waals surface area contributed by atoms with Crippen molar-refractivity contribution >= 4 is 34.8 Å². The highest BCUT2D eigenvalue weighted by Crippen LogP contribution is 2.33. The second-order valence-corrected chi connectivity index (χ2v) is 5.31. The lowest BCUT2D eigenvalue weighted by molar-refractivity contribution is -0.117. The molecule has 0 aromatic heterocycles. The molecule has 3 nitrogen and oxygen atoms in total. The monoisotopic (exact) mass is 272 g/mol. The van der Waals surface area contributed by atoms with Crippen molar-refractivity contribution in [1.29, 1.82) is 0 Å². The number of hydrogen-bond donors (Lipinski definition) is 2. The molecule has 0 unspecified atom stereocenters. The fourth-order valence-electron chi connectivity index (χ4n) is 1.68. The fraction of sp³-hybridized carbons (Fsp3) is 0.417. The van der Waals surface area contributed by atoms with Gasteiger partial charge < -0.3 is 11.1 Å². The lowest BCUT2D eigenvalue weighted by Crippen LogP contribution is -2.35. The molecule has 1 aliphatic carbocycles. The van der Waals surface area contributed by atoms with Gasteiger partial charge in [-0.25, -0.2) is 0 Å². The normalized spacial score (nSPS) is 16.6. The van der Waals surface area contributed by atoms with Gasteiger partial charge in [0.05, 0.1) is 6.04 Å². The van der Waals surface area contributed by atoms with E-state index in [1.54, 1.807) is 18.2 Å². The first-order chi connectivity index (χ1) is 8.04.